The van der Waals surface area contributed by atoms with E-state index in [1.54, 1.807) is 36.4 Å². The molecule has 0 fully saturated rings. The monoisotopic (exact) mass is 561 g/mol. The van der Waals surface area contributed by atoms with Crippen LogP contribution in [-0.2, 0) is 20.4 Å². The number of fused-ring (bicyclic) bond motifs is 6. The number of carbonyl (C=O) groups excluding carboxylic acids is 1. The van der Waals surface area contributed by atoms with Crippen molar-refractivity contribution < 1.29 is 32.9 Å². The molecule has 2 aliphatic heterocycles. The van der Waals surface area contributed by atoms with Crippen LogP contribution < -0.4 is 20.5 Å². The van der Waals surface area contributed by atoms with Crippen molar-refractivity contribution in [3.8, 4) is 23.0 Å². The number of phenols is 2. The van der Waals surface area contributed by atoms with Crippen LogP contribution in [0.15, 0.2) is 83.8 Å². The Labute approximate surface area is 227 Å². The summed E-state index contributed by atoms with van der Waals surface area (Å²) in [5.74, 6) is -0.387. The zero-order valence-electron chi connectivity index (χ0n) is 19.9. The molecule has 4 aromatic rings. The van der Waals surface area contributed by atoms with Gasteiger partial charge in [0.2, 0.25) is 10.0 Å². The first-order valence-electron chi connectivity index (χ1n) is 11.4. The predicted octanol–water partition coefficient (Wildman–Crippen LogP) is 3.69. The number of sulfonamides is 1. The van der Waals surface area contributed by atoms with Crippen LogP contribution in [0.4, 0.5) is 11.4 Å². The Bertz CT molecular complexity index is 1790. The highest BCUT2D eigenvalue weighted by atomic mass is 32.2. The van der Waals surface area contributed by atoms with E-state index in [-0.39, 0.29) is 49.9 Å². The van der Waals surface area contributed by atoms with E-state index in [1.807, 2.05) is 0 Å². The molecule has 1 spiro atoms. The third-order valence-corrected chi connectivity index (χ3v) is 7.74. The highest BCUT2D eigenvalue weighted by molar-refractivity contribution is 7.89. The summed E-state index contributed by atoms with van der Waals surface area (Å²) < 4.78 is 36.2. The fourth-order valence-corrected chi connectivity index (χ4v) is 5.86. The van der Waals surface area contributed by atoms with Crippen molar-refractivity contribution in [3.63, 3.8) is 0 Å². The van der Waals surface area contributed by atoms with Crippen LogP contribution in [0.1, 0.15) is 27.0 Å². The second-order valence-electron chi connectivity index (χ2n) is 8.95. The molecule has 12 heteroatoms. The fraction of sp³-hybridized carbons (Fsp3) is 0.0370. The molecule has 10 nitrogen and oxygen atoms in total. The van der Waals surface area contributed by atoms with E-state index < -0.39 is 21.6 Å². The number of ether oxygens (including phenoxy) is 2. The molecule has 39 heavy (non-hydrogen) atoms. The normalized spacial score (nSPS) is 14.5. The lowest BCUT2D eigenvalue weighted by molar-refractivity contribution is 0.0224. The third-order valence-electron chi connectivity index (χ3n) is 6.65. The summed E-state index contributed by atoms with van der Waals surface area (Å²) >= 11 is 5.33. The van der Waals surface area contributed by atoms with E-state index in [4.69, 9.17) is 32.6 Å². The quantitative estimate of drug-likeness (QED) is 0.214. The Balaban J connectivity index is 1.63. The van der Waals surface area contributed by atoms with Crippen molar-refractivity contribution in [3.05, 3.63) is 101 Å². The molecule has 0 amide bonds. The molecule has 0 saturated heterocycles. The van der Waals surface area contributed by atoms with Crippen molar-refractivity contribution >= 4 is 44.7 Å². The number of carbonyl (C=O) groups is 1. The molecule has 0 saturated carbocycles. The minimum Gasteiger partial charge on any atom is -0.508 e. The summed E-state index contributed by atoms with van der Waals surface area (Å²) in [6.07, 6.45) is 0. The van der Waals surface area contributed by atoms with E-state index in [1.165, 1.54) is 47.4 Å². The number of anilines is 2. The molecule has 0 bridgehead atoms. The van der Waals surface area contributed by atoms with E-state index in [0.717, 1.165) is 0 Å². The van der Waals surface area contributed by atoms with E-state index >= 15 is 0 Å². The number of benzene rings is 4. The van der Waals surface area contributed by atoms with Gasteiger partial charge in [0.1, 0.15) is 23.0 Å². The molecule has 6 N–H and O–H groups in total. The number of hydrogen-bond acceptors (Lipinski definition) is 8. The Hall–Kier alpha value is -4.65. The molecular formula is C27H19N3O7S2. The summed E-state index contributed by atoms with van der Waals surface area (Å²) in [4.78, 5) is 14.9. The minimum absolute atomic E-state index is 0.0693. The highest BCUT2D eigenvalue weighted by Crippen LogP contribution is 2.58. The lowest BCUT2D eigenvalue weighted by Gasteiger charge is -2.36. The molecule has 2 aliphatic rings. The Morgan fingerprint density at radius 1 is 0.872 bits per heavy atom. The van der Waals surface area contributed by atoms with E-state index in [9.17, 15) is 23.4 Å². The second kappa shape index (κ2) is 8.43. The maximum Gasteiger partial charge on any atom is 0.342 e. The number of thiocarbonyl (C=S) groups is 1. The van der Waals surface area contributed by atoms with Gasteiger partial charge in [-0.05, 0) is 60.7 Å². The first-order valence-corrected chi connectivity index (χ1v) is 13.4. The molecule has 0 unspecified atom stereocenters. The summed E-state index contributed by atoms with van der Waals surface area (Å²) in [7, 11) is -4.04. The number of aromatic hydroxyl groups is 2. The second-order valence-corrected chi connectivity index (χ2v) is 10.9. The van der Waals surface area contributed by atoms with Gasteiger partial charge in [-0.15, -0.1) is 0 Å². The lowest BCUT2D eigenvalue weighted by Crippen LogP contribution is -2.33. The van der Waals surface area contributed by atoms with Gasteiger partial charge in [0.15, 0.2) is 10.7 Å². The fourth-order valence-electron chi connectivity index (χ4n) is 5.10. The summed E-state index contributed by atoms with van der Waals surface area (Å²) in [6, 6.07) is 19.5. The zero-order chi connectivity index (χ0) is 27.7. The van der Waals surface area contributed by atoms with Crippen LogP contribution in [0.25, 0.3) is 0 Å². The van der Waals surface area contributed by atoms with Crippen LogP contribution in [-0.4, -0.2) is 29.7 Å². The van der Waals surface area contributed by atoms with E-state index in [0.29, 0.717) is 16.7 Å². The van der Waals surface area contributed by atoms with Crippen molar-refractivity contribution in [2.24, 2.45) is 10.9 Å². The van der Waals surface area contributed by atoms with E-state index in [2.05, 4.69) is 0 Å². The molecule has 196 valence electrons. The summed E-state index contributed by atoms with van der Waals surface area (Å²) in [5.41, 5.74) is 6.56. The largest absolute Gasteiger partial charge is 0.508 e. The molecule has 0 aromatic heterocycles. The average Bonchev–Trinajstić information content (AvgIpc) is 3.16. The standard InChI is InChI=1S/C27H19N3O7S2/c28-26(38)30(14-3-1-4-17(11-14)39(29,34)35)21-6-2-5-20-24(21)25(33)37-27(20)18-9-7-15(31)12-22(18)36-23-13-16(32)8-10-19(23)27/h1-13,31-32H,(H2,28,38)(H2,29,34,35). The van der Waals surface area contributed by atoms with Crippen molar-refractivity contribution in [1.82, 2.24) is 0 Å². The van der Waals surface area contributed by atoms with Crippen LogP contribution >= 0.6 is 12.2 Å². The van der Waals surface area contributed by atoms with Crippen LogP contribution in [0, 0.1) is 0 Å². The highest BCUT2D eigenvalue weighted by Gasteiger charge is 2.54. The molecule has 4 aromatic carbocycles. The Morgan fingerprint density at radius 2 is 1.49 bits per heavy atom. The van der Waals surface area contributed by atoms with Crippen molar-refractivity contribution in [2.45, 2.75) is 10.5 Å². The third kappa shape index (κ3) is 3.68. The van der Waals surface area contributed by atoms with Gasteiger partial charge in [-0.2, -0.15) is 0 Å². The Kier molecular flexibility index (Phi) is 5.33. The molecule has 0 radical (unpaired) electrons. The molecule has 0 aliphatic carbocycles. The lowest BCUT2D eigenvalue weighted by atomic mass is 9.77. The van der Waals surface area contributed by atoms with Crippen LogP contribution in [0.3, 0.4) is 0 Å². The average molecular weight is 562 g/mol. The van der Waals surface area contributed by atoms with Crippen molar-refractivity contribution in [1.29, 1.82) is 0 Å². The first-order chi connectivity index (χ1) is 18.5. The zero-order valence-corrected chi connectivity index (χ0v) is 21.5. The van der Waals surface area contributed by atoms with Gasteiger partial charge >= 0.3 is 5.97 Å². The number of esters is 1. The van der Waals surface area contributed by atoms with Gasteiger partial charge in [-0.3, -0.25) is 4.90 Å². The maximum absolute atomic E-state index is 13.7. The maximum atomic E-state index is 13.7. The number of phenolic OH excluding ortho intramolecular Hbond substituents is 2. The van der Waals surface area contributed by atoms with Gasteiger partial charge in [-0.25, -0.2) is 18.4 Å². The Morgan fingerprint density at radius 3 is 2.08 bits per heavy atom. The number of nitrogens with two attached hydrogens (primary N) is 2. The number of hydrogen-bond donors (Lipinski definition) is 4. The van der Waals surface area contributed by atoms with Crippen LogP contribution in [0.2, 0.25) is 0 Å². The predicted molar refractivity (Wildman–Crippen MR) is 145 cm³/mol. The van der Waals surface area contributed by atoms with Gasteiger partial charge < -0.3 is 25.4 Å². The number of nitrogens with zero attached hydrogens (tertiary/aromatic N) is 1. The molecular weight excluding hydrogens is 542 g/mol. The first kappa shape index (κ1) is 24.7. The van der Waals surface area contributed by atoms with Gasteiger partial charge in [0, 0.05) is 34.5 Å². The molecule has 0 atom stereocenters. The number of rotatable bonds is 3. The van der Waals surface area contributed by atoms with Gasteiger partial charge in [0.05, 0.1) is 16.1 Å². The SMILES string of the molecule is NC(=S)N(c1cccc(S(N)(=O)=O)c1)c1cccc2c1C(=O)OC21c2ccc(O)cc2Oc2cc(O)ccc21. The molecule has 2 heterocycles. The van der Waals surface area contributed by atoms with Gasteiger partial charge in [0.25, 0.3) is 0 Å². The summed E-state index contributed by atoms with van der Waals surface area (Å²) in [6.45, 7) is 0. The van der Waals surface area contributed by atoms with Crippen molar-refractivity contribution in [2.75, 3.05) is 4.90 Å². The smallest absolute Gasteiger partial charge is 0.342 e. The van der Waals surface area contributed by atoms with Crippen LogP contribution in [0.5, 0.6) is 23.0 Å². The number of primary sulfonamides is 1. The van der Waals surface area contributed by atoms with Gasteiger partial charge in [-0.1, -0.05) is 18.2 Å². The minimum atomic E-state index is -4.04. The topological polar surface area (TPSA) is 165 Å². The molecule has 6 rings (SSSR count). The summed E-state index contributed by atoms with van der Waals surface area (Å²) in [5, 5.41) is 25.4.